The molecule has 28 heavy (non-hydrogen) atoms. The van der Waals surface area contributed by atoms with Gasteiger partial charge in [0.25, 0.3) is 5.56 Å². The van der Waals surface area contributed by atoms with E-state index in [1.54, 1.807) is 36.4 Å². The summed E-state index contributed by atoms with van der Waals surface area (Å²) in [5.41, 5.74) is 1.36. The van der Waals surface area contributed by atoms with Crippen molar-refractivity contribution in [2.75, 3.05) is 6.61 Å². The summed E-state index contributed by atoms with van der Waals surface area (Å²) in [5, 5.41) is 4.79. The average Bonchev–Trinajstić information content (AvgIpc) is 2.73. The Kier molecular flexibility index (Phi) is 5.68. The van der Waals surface area contributed by atoms with Gasteiger partial charge in [-0.2, -0.15) is 5.10 Å². The number of hydrogen-bond acceptors (Lipinski definition) is 5. The van der Waals surface area contributed by atoms with Crippen molar-refractivity contribution in [2.45, 2.75) is 26.2 Å². The minimum atomic E-state index is -0.739. The van der Waals surface area contributed by atoms with Crippen molar-refractivity contribution in [3.05, 3.63) is 75.7 Å². The normalized spacial score (nSPS) is 12.0. The van der Waals surface area contributed by atoms with E-state index in [1.807, 2.05) is 12.1 Å². The highest BCUT2D eigenvalue weighted by Crippen LogP contribution is 2.19. The summed E-state index contributed by atoms with van der Waals surface area (Å²) in [5.74, 6) is -0.611. The summed E-state index contributed by atoms with van der Waals surface area (Å²) in [6.45, 7) is 3.85. The number of aromatic nitrogens is 2. The molecule has 144 valence electrons. The van der Waals surface area contributed by atoms with Crippen LogP contribution in [0.15, 0.2) is 53.3 Å². The molecule has 0 bridgehead atoms. The molecule has 1 aromatic heterocycles. The number of aryl methyl sites for hydroxylation is 1. The molecule has 0 amide bonds. The first kappa shape index (κ1) is 19.5. The van der Waals surface area contributed by atoms with Gasteiger partial charge in [-0.15, -0.1) is 0 Å². The molecule has 0 aliphatic heterocycles. The van der Waals surface area contributed by atoms with Gasteiger partial charge in [0.15, 0.2) is 18.1 Å². The highest BCUT2D eigenvalue weighted by molar-refractivity contribution is 6.04. The topological polar surface area (TPSA) is 78.3 Å². The molecule has 2 aromatic carbocycles. The standard InChI is InChI=1S/C22H22N2O4/c1-4-14(2)15-9-11-16(12-10-15)19(25)13-28-22(27)20-17-7-5-6-8-18(17)21(26)24(3)23-20/h5-12,14H,4,13H2,1-3H3/t14-/m0/s1. The Bertz CT molecular complexity index is 1080. The van der Waals surface area contributed by atoms with Gasteiger partial charge in [-0.1, -0.05) is 56.3 Å². The number of rotatable bonds is 6. The number of carbonyl (C=O) groups is 2. The van der Waals surface area contributed by atoms with Crippen molar-refractivity contribution in [1.82, 2.24) is 9.78 Å². The number of benzene rings is 2. The van der Waals surface area contributed by atoms with Gasteiger partial charge >= 0.3 is 5.97 Å². The van der Waals surface area contributed by atoms with E-state index in [4.69, 9.17) is 4.74 Å². The predicted octanol–water partition coefficient (Wildman–Crippen LogP) is 3.49. The van der Waals surface area contributed by atoms with Crippen LogP contribution in [-0.4, -0.2) is 28.1 Å². The van der Waals surface area contributed by atoms with E-state index in [9.17, 15) is 14.4 Å². The molecule has 0 N–H and O–H groups in total. The van der Waals surface area contributed by atoms with Crippen molar-refractivity contribution in [3.63, 3.8) is 0 Å². The van der Waals surface area contributed by atoms with Gasteiger partial charge in [0.05, 0.1) is 5.39 Å². The Morgan fingerprint density at radius 3 is 2.36 bits per heavy atom. The van der Waals surface area contributed by atoms with Gasteiger partial charge in [-0.25, -0.2) is 9.48 Å². The molecule has 0 spiro atoms. The third kappa shape index (κ3) is 3.86. The largest absolute Gasteiger partial charge is 0.452 e. The van der Waals surface area contributed by atoms with Crippen molar-refractivity contribution in [2.24, 2.45) is 7.05 Å². The summed E-state index contributed by atoms with van der Waals surface area (Å²) in [6, 6.07) is 14.0. The van der Waals surface area contributed by atoms with Crippen LogP contribution in [0.3, 0.4) is 0 Å². The zero-order valence-corrected chi connectivity index (χ0v) is 16.1. The van der Waals surface area contributed by atoms with Crippen LogP contribution in [0.25, 0.3) is 10.8 Å². The van der Waals surface area contributed by atoms with Gasteiger partial charge in [-0.3, -0.25) is 9.59 Å². The lowest BCUT2D eigenvalue weighted by Gasteiger charge is -2.10. The van der Waals surface area contributed by atoms with E-state index in [2.05, 4.69) is 18.9 Å². The fourth-order valence-corrected chi connectivity index (χ4v) is 2.97. The van der Waals surface area contributed by atoms with Crippen LogP contribution in [0.4, 0.5) is 0 Å². The molecule has 1 heterocycles. The van der Waals surface area contributed by atoms with E-state index >= 15 is 0 Å². The monoisotopic (exact) mass is 378 g/mol. The highest BCUT2D eigenvalue weighted by Gasteiger charge is 2.18. The molecule has 6 nitrogen and oxygen atoms in total. The van der Waals surface area contributed by atoms with Gasteiger partial charge < -0.3 is 4.74 Å². The molecule has 0 aliphatic rings. The molecule has 0 unspecified atom stereocenters. The van der Waals surface area contributed by atoms with Crippen molar-refractivity contribution >= 4 is 22.5 Å². The lowest BCUT2D eigenvalue weighted by atomic mass is 9.97. The number of Topliss-reactive ketones (excluding diaryl/α,β-unsaturated/α-hetero) is 1. The molecule has 0 fully saturated rings. The van der Waals surface area contributed by atoms with Crippen molar-refractivity contribution < 1.29 is 14.3 Å². The number of esters is 1. The third-order valence-corrected chi connectivity index (χ3v) is 4.90. The summed E-state index contributed by atoms with van der Waals surface area (Å²) < 4.78 is 6.27. The first-order valence-corrected chi connectivity index (χ1v) is 9.18. The van der Waals surface area contributed by atoms with Crippen LogP contribution in [0.5, 0.6) is 0 Å². The maximum absolute atomic E-state index is 12.5. The molecule has 0 saturated carbocycles. The summed E-state index contributed by atoms with van der Waals surface area (Å²) in [4.78, 5) is 37.0. The molecule has 3 aromatic rings. The second-order valence-corrected chi connectivity index (χ2v) is 6.75. The second-order valence-electron chi connectivity index (χ2n) is 6.75. The zero-order valence-electron chi connectivity index (χ0n) is 16.1. The van der Waals surface area contributed by atoms with E-state index in [-0.39, 0.29) is 23.6 Å². The minimum Gasteiger partial charge on any atom is -0.452 e. The quantitative estimate of drug-likeness (QED) is 0.485. The molecule has 1 atom stereocenters. The highest BCUT2D eigenvalue weighted by atomic mass is 16.5. The summed E-state index contributed by atoms with van der Waals surface area (Å²) in [7, 11) is 1.47. The van der Waals surface area contributed by atoms with Crippen LogP contribution in [0.1, 0.15) is 52.6 Å². The lowest BCUT2D eigenvalue weighted by Crippen LogP contribution is -2.24. The number of hydrogen-bond donors (Lipinski definition) is 0. The second kappa shape index (κ2) is 8.17. The third-order valence-electron chi connectivity index (χ3n) is 4.90. The molecule has 0 radical (unpaired) electrons. The van der Waals surface area contributed by atoms with Crippen molar-refractivity contribution in [3.8, 4) is 0 Å². The number of fused-ring (bicyclic) bond motifs is 1. The first-order chi connectivity index (χ1) is 13.4. The fourth-order valence-electron chi connectivity index (χ4n) is 2.97. The van der Waals surface area contributed by atoms with Crippen LogP contribution >= 0.6 is 0 Å². The average molecular weight is 378 g/mol. The van der Waals surface area contributed by atoms with Gasteiger partial charge in [-0.05, 0) is 24.0 Å². The number of ether oxygens (including phenoxy) is 1. The number of ketones is 1. The molecular weight excluding hydrogens is 356 g/mol. The SMILES string of the molecule is CC[C@H](C)c1ccc(C(=O)COC(=O)c2nn(C)c(=O)c3ccccc23)cc1. The van der Waals surface area contributed by atoms with Crippen LogP contribution in [-0.2, 0) is 11.8 Å². The Morgan fingerprint density at radius 1 is 1.07 bits per heavy atom. The Morgan fingerprint density at radius 2 is 1.71 bits per heavy atom. The number of nitrogens with zero attached hydrogens (tertiary/aromatic N) is 2. The minimum absolute atomic E-state index is 0.0117. The van der Waals surface area contributed by atoms with Gasteiger partial charge in [0, 0.05) is 18.0 Å². The molecule has 6 heteroatoms. The zero-order chi connectivity index (χ0) is 20.3. The lowest BCUT2D eigenvalue weighted by molar-refractivity contribution is 0.0469. The smallest absolute Gasteiger partial charge is 0.359 e. The number of carbonyl (C=O) groups excluding carboxylic acids is 2. The van der Waals surface area contributed by atoms with Crippen molar-refractivity contribution in [1.29, 1.82) is 0 Å². The van der Waals surface area contributed by atoms with Crippen LogP contribution in [0.2, 0.25) is 0 Å². The Balaban J connectivity index is 1.76. The Hall–Kier alpha value is -3.28. The fraction of sp³-hybridized carbons (Fsp3) is 0.273. The van der Waals surface area contributed by atoms with E-state index in [1.165, 1.54) is 7.05 Å². The van der Waals surface area contributed by atoms with Gasteiger partial charge in [0.2, 0.25) is 0 Å². The molecule has 0 aliphatic carbocycles. The molecular formula is C22H22N2O4. The van der Waals surface area contributed by atoms with Gasteiger partial charge in [0.1, 0.15) is 0 Å². The predicted molar refractivity (Wildman–Crippen MR) is 107 cm³/mol. The summed E-state index contributed by atoms with van der Waals surface area (Å²) >= 11 is 0. The van der Waals surface area contributed by atoms with Crippen LogP contribution in [0, 0.1) is 0 Å². The van der Waals surface area contributed by atoms with Crippen LogP contribution < -0.4 is 5.56 Å². The maximum atomic E-state index is 12.5. The Labute approximate surface area is 162 Å². The maximum Gasteiger partial charge on any atom is 0.359 e. The summed E-state index contributed by atoms with van der Waals surface area (Å²) in [6.07, 6.45) is 1.02. The molecule has 3 rings (SSSR count). The molecule has 0 saturated heterocycles. The van der Waals surface area contributed by atoms with E-state index < -0.39 is 5.97 Å². The van der Waals surface area contributed by atoms with E-state index in [0.29, 0.717) is 22.3 Å². The van der Waals surface area contributed by atoms with E-state index in [0.717, 1.165) is 16.7 Å². The first-order valence-electron chi connectivity index (χ1n) is 9.18.